The smallest absolute Gasteiger partial charge is 0.317 e. The first-order chi connectivity index (χ1) is 12.6. The maximum atomic E-state index is 12.9. The fraction of sp³-hybridized carbons (Fsp3) is 0.389. The van der Waals surface area contributed by atoms with Gasteiger partial charge in [0.25, 0.3) is 11.6 Å². The van der Waals surface area contributed by atoms with Crippen molar-refractivity contribution >= 4 is 11.5 Å². The highest BCUT2D eigenvalue weighted by Gasteiger charge is 2.47. The van der Waals surface area contributed by atoms with Gasteiger partial charge in [-0.2, -0.15) is 0 Å². The lowest BCUT2D eigenvalue weighted by molar-refractivity contribution is -0.433. The zero-order valence-corrected chi connectivity index (χ0v) is 15.1. The number of allylic oxidation sites excluding steroid dienone is 2. The lowest BCUT2D eigenvalue weighted by atomic mass is 9.71. The Bertz CT molecular complexity index is 898. The number of hydrogen-bond donors (Lipinski definition) is 1. The van der Waals surface area contributed by atoms with Crippen molar-refractivity contribution < 1.29 is 19.4 Å². The standard InChI is InChI=1S/C18H19N3O6/c1-18(2)8-12(22)15-13(9-18)27-17(19-3)16(21(25)26)14(15)10-4-6-11(7-5-10)20(23)24/h4-7,14,19H,8-9H2,1-3H3. The van der Waals surface area contributed by atoms with Crippen LogP contribution in [0.25, 0.3) is 0 Å². The second-order valence-corrected chi connectivity index (χ2v) is 7.38. The first-order valence-electron chi connectivity index (χ1n) is 8.39. The van der Waals surface area contributed by atoms with Crippen LogP contribution in [-0.4, -0.2) is 22.7 Å². The van der Waals surface area contributed by atoms with Gasteiger partial charge in [0.1, 0.15) is 11.7 Å². The van der Waals surface area contributed by atoms with Crippen molar-refractivity contribution in [1.82, 2.24) is 5.32 Å². The van der Waals surface area contributed by atoms with Gasteiger partial charge in [-0.25, -0.2) is 0 Å². The van der Waals surface area contributed by atoms with Gasteiger partial charge in [0.2, 0.25) is 0 Å². The number of hydrogen-bond acceptors (Lipinski definition) is 7. The van der Waals surface area contributed by atoms with Gasteiger partial charge >= 0.3 is 5.70 Å². The van der Waals surface area contributed by atoms with E-state index < -0.39 is 15.8 Å². The fourth-order valence-electron chi connectivity index (χ4n) is 3.61. The Morgan fingerprint density at radius 1 is 1.11 bits per heavy atom. The van der Waals surface area contributed by atoms with Gasteiger partial charge in [0.15, 0.2) is 5.78 Å². The highest BCUT2D eigenvalue weighted by Crippen LogP contribution is 2.48. The molecule has 142 valence electrons. The Hall–Kier alpha value is -3.23. The van der Waals surface area contributed by atoms with Crippen molar-refractivity contribution in [1.29, 1.82) is 0 Å². The highest BCUT2D eigenvalue weighted by molar-refractivity contribution is 5.99. The summed E-state index contributed by atoms with van der Waals surface area (Å²) in [4.78, 5) is 34.4. The Morgan fingerprint density at radius 2 is 1.74 bits per heavy atom. The summed E-state index contributed by atoms with van der Waals surface area (Å²) in [6.07, 6.45) is 0.715. The van der Waals surface area contributed by atoms with Crippen LogP contribution in [0.1, 0.15) is 38.2 Å². The second kappa shape index (κ2) is 6.49. The van der Waals surface area contributed by atoms with Crippen molar-refractivity contribution in [2.45, 2.75) is 32.6 Å². The molecule has 1 heterocycles. The molecule has 9 nitrogen and oxygen atoms in total. The van der Waals surface area contributed by atoms with E-state index in [1.165, 1.54) is 31.3 Å². The molecule has 3 rings (SSSR count). The summed E-state index contributed by atoms with van der Waals surface area (Å²) >= 11 is 0. The molecule has 27 heavy (non-hydrogen) atoms. The summed E-state index contributed by atoms with van der Waals surface area (Å²) in [5.74, 6) is -0.767. The Labute approximate surface area is 155 Å². The van der Waals surface area contributed by atoms with E-state index >= 15 is 0 Å². The summed E-state index contributed by atoms with van der Waals surface area (Å²) in [6.45, 7) is 3.87. The zero-order valence-electron chi connectivity index (χ0n) is 15.1. The van der Waals surface area contributed by atoms with Crippen LogP contribution >= 0.6 is 0 Å². The van der Waals surface area contributed by atoms with Crippen molar-refractivity contribution in [2.24, 2.45) is 5.41 Å². The van der Waals surface area contributed by atoms with E-state index in [1.807, 2.05) is 13.8 Å². The summed E-state index contributed by atoms with van der Waals surface area (Å²) in [5.41, 5.74) is -0.0338. The van der Waals surface area contributed by atoms with Crippen molar-refractivity contribution in [3.05, 3.63) is 73.0 Å². The number of nitro benzene ring substituents is 1. The zero-order chi connectivity index (χ0) is 19.9. The summed E-state index contributed by atoms with van der Waals surface area (Å²) in [5, 5.41) is 25.4. The Kier molecular flexibility index (Phi) is 4.46. The molecule has 2 aliphatic rings. The third-order valence-electron chi connectivity index (χ3n) is 4.76. The molecular formula is C18H19N3O6. The van der Waals surface area contributed by atoms with E-state index in [4.69, 9.17) is 4.74 Å². The van der Waals surface area contributed by atoms with Gasteiger partial charge in [-0.1, -0.05) is 26.0 Å². The van der Waals surface area contributed by atoms with E-state index in [2.05, 4.69) is 5.32 Å². The first kappa shape index (κ1) is 18.6. The predicted octanol–water partition coefficient (Wildman–Crippen LogP) is 3.02. The normalized spacial score (nSPS) is 21.4. The van der Waals surface area contributed by atoms with Crippen molar-refractivity contribution in [3.63, 3.8) is 0 Å². The molecule has 0 aromatic heterocycles. The Morgan fingerprint density at radius 3 is 2.26 bits per heavy atom. The molecule has 1 atom stereocenters. The van der Waals surface area contributed by atoms with E-state index in [1.54, 1.807) is 0 Å². The van der Waals surface area contributed by atoms with E-state index in [0.29, 0.717) is 17.7 Å². The van der Waals surface area contributed by atoms with Crippen LogP contribution in [0, 0.1) is 25.6 Å². The maximum absolute atomic E-state index is 12.9. The minimum Gasteiger partial charge on any atom is -0.440 e. The number of Topliss-reactive ketones (excluding diaryl/α,β-unsaturated/α-hetero) is 1. The van der Waals surface area contributed by atoms with Gasteiger partial charge < -0.3 is 10.1 Å². The molecule has 1 aliphatic carbocycles. The molecule has 0 radical (unpaired) electrons. The number of nitrogens with zero attached hydrogens (tertiary/aromatic N) is 2. The number of non-ortho nitro benzene ring substituents is 1. The van der Waals surface area contributed by atoms with Crippen LogP contribution in [0.4, 0.5) is 5.69 Å². The molecule has 0 amide bonds. The quantitative estimate of drug-likeness (QED) is 0.635. The summed E-state index contributed by atoms with van der Waals surface area (Å²) < 4.78 is 5.71. The number of benzene rings is 1. The van der Waals surface area contributed by atoms with Crippen molar-refractivity contribution in [2.75, 3.05) is 7.05 Å². The van der Waals surface area contributed by atoms with E-state index in [9.17, 15) is 25.0 Å². The van der Waals surface area contributed by atoms with Crippen molar-refractivity contribution in [3.8, 4) is 0 Å². The second-order valence-electron chi connectivity index (χ2n) is 7.38. The minimum absolute atomic E-state index is 0.0207. The average molecular weight is 373 g/mol. The molecule has 0 bridgehead atoms. The predicted molar refractivity (Wildman–Crippen MR) is 95.1 cm³/mol. The highest BCUT2D eigenvalue weighted by atomic mass is 16.6. The largest absolute Gasteiger partial charge is 0.440 e. The molecule has 0 saturated heterocycles. The maximum Gasteiger partial charge on any atom is 0.317 e. The minimum atomic E-state index is -0.949. The molecule has 9 heteroatoms. The summed E-state index contributed by atoms with van der Waals surface area (Å²) in [7, 11) is 1.51. The van der Waals surface area contributed by atoms with Gasteiger partial charge in [-0.05, 0) is 11.0 Å². The molecule has 1 N–H and O–H groups in total. The molecule has 1 aliphatic heterocycles. The molecule has 0 fully saturated rings. The fourth-order valence-corrected chi connectivity index (χ4v) is 3.61. The van der Waals surface area contributed by atoms with Crippen LogP contribution < -0.4 is 5.32 Å². The van der Waals surface area contributed by atoms with Crippen LogP contribution in [0.5, 0.6) is 0 Å². The molecule has 1 unspecified atom stereocenters. The Balaban J connectivity index is 2.19. The van der Waals surface area contributed by atoms with Crippen LogP contribution in [0.2, 0.25) is 0 Å². The van der Waals surface area contributed by atoms with Gasteiger partial charge in [0.05, 0.1) is 15.4 Å². The van der Waals surface area contributed by atoms with Crippen LogP contribution in [0.3, 0.4) is 0 Å². The van der Waals surface area contributed by atoms with Gasteiger partial charge in [-0.3, -0.25) is 25.0 Å². The van der Waals surface area contributed by atoms with Gasteiger partial charge in [-0.15, -0.1) is 0 Å². The first-order valence-corrected chi connectivity index (χ1v) is 8.39. The number of ether oxygens (including phenoxy) is 1. The SMILES string of the molecule is CNC1=C([N+](=O)[O-])C(c2ccc([N+](=O)[O-])cc2)C2=C(CC(C)(C)CC2=O)O1. The molecule has 1 aromatic carbocycles. The third-order valence-corrected chi connectivity index (χ3v) is 4.76. The monoisotopic (exact) mass is 373 g/mol. The number of carbonyl (C=O) groups is 1. The van der Waals surface area contributed by atoms with Crippen LogP contribution in [0.15, 0.2) is 47.2 Å². The molecule has 0 spiro atoms. The molecule has 1 aromatic rings. The topological polar surface area (TPSA) is 125 Å². The third kappa shape index (κ3) is 3.27. The number of carbonyl (C=O) groups excluding carboxylic acids is 1. The number of rotatable bonds is 4. The lowest BCUT2D eigenvalue weighted by Gasteiger charge is -2.36. The molecule has 0 saturated carbocycles. The number of nitrogens with one attached hydrogen (secondary N) is 1. The van der Waals surface area contributed by atoms with E-state index in [-0.39, 0.29) is 40.5 Å². The molecular weight excluding hydrogens is 354 g/mol. The lowest BCUT2D eigenvalue weighted by Crippen LogP contribution is -2.35. The van der Waals surface area contributed by atoms with Crippen LogP contribution in [-0.2, 0) is 9.53 Å². The number of ketones is 1. The van der Waals surface area contributed by atoms with E-state index in [0.717, 1.165) is 0 Å². The average Bonchev–Trinajstić information content (AvgIpc) is 2.58. The number of nitro groups is 2. The summed E-state index contributed by atoms with van der Waals surface area (Å²) in [6, 6.07) is 5.45. The van der Waals surface area contributed by atoms with Gasteiger partial charge in [0, 0.05) is 32.0 Å².